The molecule has 3 aromatic rings. The van der Waals surface area contributed by atoms with Gasteiger partial charge in [0.05, 0.1) is 6.21 Å². The highest BCUT2D eigenvalue weighted by Crippen LogP contribution is 2.18. The second-order valence-electron chi connectivity index (χ2n) is 5.52. The summed E-state index contributed by atoms with van der Waals surface area (Å²) in [5, 5.41) is 4.07. The van der Waals surface area contributed by atoms with Crippen molar-refractivity contribution < 1.29 is 9.13 Å². The number of rotatable bonds is 6. The first-order chi connectivity index (χ1) is 12.6. The number of anilines is 1. The van der Waals surface area contributed by atoms with E-state index in [0.29, 0.717) is 22.6 Å². The zero-order valence-electron chi connectivity index (χ0n) is 14.1. The van der Waals surface area contributed by atoms with Crippen LogP contribution in [0.5, 0.6) is 5.75 Å². The monoisotopic (exact) mass is 352 g/mol. The summed E-state index contributed by atoms with van der Waals surface area (Å²) in [7, 11) is 0. The molecule has 0 aliphatic rings. The Morgan fingerprint density at radius 1 is 1.23 bits per heavy atom. The molecule has 0 aliphatic heterocycles. The number of para-hydroxylation sites is 1. The first kappa shape index (κ1) is 17.3. The molecular formula is C19H17FN4O2. The van der Waals surface area contributed by atoms with Crippen LogP contribution >= 0.6 is 0 Å². The minimum Gasteiger partial charge on any atom is -0.488 e. The highest BCUT2D eigenvalue weighted by Gasteiger charge is 2.05. The van der Waals surface area contributed by atoms with Gasteiger partial charge in [-0.3, -0.25) is 9.78 Å². The highest BCUT2D eigenvalue weighted by molar-refractivity contribution is 5.83. The fraction of sp³-hybridized carbons (Fsp3) is 0.105. The van der Waals surface area contributed by atoms with Gasteiger partial charge in [-0.15, -0.1) is 0 Å². The third kappa shape index (κ3) is 4.54. The number of aryl methyl sites for hydroxylation is 1. The van der Waals surface area contributed by atoms with Crippen molar-refractivity contribution >= 4 is 12.2 Å². The molecule has 0 fully saturated rings. The maximum Gasteiger partial charge on any atom is 0.252 e. The zero-order chi connectivity index (χ0) is 18.4. The Morgan fingerprint density at radius 3 is 2.81 bits per heavy atom. The molecule has 132 valence electrons. The molecule has 0 bridgehead atoms. The molecule has 1 heterocycles. The van der Waals surface area contributed by atoms with Crippen LogP contribution in [0.3, 0.4) is 0 Å². The lowest BCUT2D eigenvalue weighted by atomic mass is 10.2. The standard InChI is InChI=1S/C19H17FN4O2/c1-13-10-18(25)23-19(22-13)24-21-11-14-6-3-5-9-17(14)26-12-15-7-2-4-8-16(15)20/h2-11H,12H2,1H3,(H2,22,23,24,25)/b21-11+. The Bertz CT molecular complexity index is 985. The van der Waals surface area contributed by atoms with E-state index in [0.717, 1.165) is 0 Å². The van der Waals surface area contributed by atoms with E-state index in [1.165, 1.54) is 12.1 Å². The average Bonchev–Trinajstić information content (AvgIpc) is 2.61. The van der Waals surface area contributed by atoms with Crippen LogP contribution in [0.1, 0.15) is 16.8 Å². The van der Waals surface area contributed by atoms with E-state index in [-0.39, 0.29) is 23.9 Å². The second kappa shape index (κ2) is 8.06. The number of hydrogen-bond donors (Lipinski definition) is 2. The molecule has 1 aromatic heterocycles. The van der Waals surface area contributed by atoms with E-state index in [4.69, 9.17) is 4.74 Å². The van der Waals surface area contributed by atoms with Crippen LogP contribution in [-0.4, -0.2) is 16.2 Å². The number of halogens is 1. The van der Waals surface area contributed by atoms with Gasteiger partial charge in [0, 0.05) is 22.9 Å². The molecule has 3 rings (SSSR count). The van der Waals surface area contributed by atoms with Gasteiger partial charge in [0.2, 0.25) is 5.95 Å². The molecule has 0 atom stereocenters. The quantitative estimate of drug-likeness (QED) is 0.527. The topological polar surface area (TPSA) is 79.4 Å². The molecule has 6 nitrogen and oxygen atoms in total. The summed E-state index contributed by atoms with van der Waals surface area (Å²) in [5.74, 6) is 0.498. The van der Waals surface area contributed by atoms with Crippen LogP contribution in [0, 0.1) is 12.7 Å². The Kier molecular flexibility index (Phi) is 5.38. The van der Waals surface area contributed by atoms with Crippen molar-refractivity contribution in [1.82, 2.24) is 9.97 Å². The summed E-state index contributed by atoms with van der Waals surface area (Å²) in [5.41, 5.74) is 4.17. The van der Waals surface area contributed by atoms with Crippen LogP contribution in [0.2, 0.25) is 0 Å². The van der Waals surface area contributed by atoms with Gasteiger partial charge in [-0.1, -0.05) is 30.3 Å². The molecule has 0 unspecified atom stereocenters. The van der Waals surface area contributed by atoms with Gasteiger partial charge in [-0.2, -0.15) is 5.10 Å². The summed E-state index contributed by atoms with van der Waals surface area (Å²) in [4.78, 5) is 18.1. The van der Waals surface area contributed by atoms with Crippen molar-refractivity contribution in [2.75, 3.05) is 5.43 Å². The minimum absolute atomic E-state index is 0.109. The summed E-state index contributed by atoms with van der Waals surface area (Å²) >= 11 is 0. The zero-order valence-corrected chi connectivity index (χ0v) is 14.1. The molecule has 0 saturated carbocycles. The van der Waals surface area contributed by atoms with Gasteiger partial charge in [0.25, 0.3) is 5.56 Å². The first-order valence-corrected chi connectivity index (χ1v) is 7.94. The van der Waals surface area contributed by atoms with Crippen molar-refractivity contribution in [3.8, 4) is 5.75 Å². The lowest BCUT2D eigenvalue weighted by Crippen LogP contribution is -2.10. The van der Waals surface area contributed by atoms with E-state index in [1.807, 2.05) is 18.2 Å². The van der Waals surface area contributed by atoms with Crippen molar-refractivity contribution in [3.63, 3.8) is 0 Å². The number of hydrazone groups is 1. The summed E-state index contributed by atoms with van der Waals surface area (Å²) < 4.78 is 19.4. The first-order valence-electron chi connectivity index (χ1n) is 7.94. The number of aromatic nitrogens is 2. The smallest absolute Gasteiger partial charge is 0.252 e. The molecule has 2 N–H and O–H groups in total. The molecule has 0 amide bonds. The summed E-state index contributed by atoms with van der Waals surface area (Å²) in [6, 6.07) is 15.1. The van der Waals surface area contributed by atoms with Gasteiger partial charge in [-0.05, 0) is 25.1 Å². The largest absolute Gasteiger partial charge is 0.488 e. The number of nitrogens with zero attached hydrogens (tertiary/aromatic N) is 2. The number of H-pyrrole nitrogens is 1. The second-order valence-corrected chi connectivity index (χ2v) is 5.52. The SMILES string of the molecule is Cc1cc(=O)[nH]c(N/N=C/c2ccccc2OCc2ccccc2F)n1. The van der Waals surface area contributed by atoms with Crippen LogP contribution in [0.4, 0.5) is 10.3 Å². The van der Waals surface area contributed by atoms with Crippen molar-refractivity contribution in [2.24, 2.45) is 5.10 Å². The Hall–Kier alpha value is -3.48. The number of hydrogen-bond acceptors (Lipinski definition) is 5. The fourth-order valence-electron chi connectivity index (χ4n) is 2.28. The maximum absolute atomic E-state index is 13.7. The van der Waals surface area contributed by atoms with Crippen molar-refractivity contribution in [1.29, 1.82) is 0 Å². The van der Waals surface area contributed by atoms with E-state index >= 15 is 0 Å². The van der Waals surface area contributed by atoms with E-state index in [2.05, 4.69) is 20.5 Å². The van der Waals surface area contributed by atoms with E-state index in [9.17, 15) is 9.18 Å². The van der Waals surface area contributed by atoms with Crippen molar-refractivity contribution in [2.45, 2.75) is 13.5 Å². The van der Waals surface area contributed by atoms with Gasteiger partial charge >= 0.3 is 0 Å². The predicted molar refractivity (Wildman–Crippen MR) is 98.0 cm³/mol. The van der Waals surface area contributed by atoms with Gasteiger partial charge in [0.15, 0.2) is 0 Å². The highest BCUT2D eigenvalue weighted by atomic mass is 19.1. The Labute approximate surface area is 149 Å². The van der Waals surface area contributed by atoms with Gasteiger partial charge in [0.1, 0.15) is 18.2 Å². The molecule has 0 spiro atoms. The van der Waals surface area contributed by atoms with Crippen molar-refractivity contribution in [3.05, 3.63) is 87.6 Å². The van der Waals surface area contributed by atoms with Gasteiger partial charge < -0.3 is 4.74 Å². The normalized spacial score (nSPS) is 10.8. The third-order valence-electron chi connectivity index (χ3n) is 3.50. The third-order valence-corrected chi connectivity index (χ3v) is 3.50. The summed E-state index contributed by atoms with van der Waals surface area (Å²) in [6.45, 7) is 1.83. The van der Waals surface area contributed by atoms with Gasteiger partial charge in [-0.25, -0.2) is 14.8 Å². The molecular weight excluding hydrogens is 335 g/mol. The predicted octanol–water partition coefficient (Wildman–Crippen LogP) is 3.24. The number of benzene rings is 2. The number of aromatic amines is 1. The number of ether oxygens (including phenoxy) is 1. The molecule has 2 aromatic carbocycles. The lowest BCUT2D eigenvalue weighted by molar-refractivity contribution is 0.299. The molecule has 26 heavy (non-hydrogen) atoms. The molecule has 0 saturated heterocycles. The molecule has 0 radical (unpaired) electrons. The van der Waals surface area contributed by atoms with Crippen LogP contribution in [0.25, 0.3) is 0 Å². The fourth-order valence-corrected chi connectivity index (χ4v) is 2.28. The summed E-state index contributed by atoms with van der Waals surface area (Å²) in [6.07, 6.45) is 1.54. The minimum atomic E-state index is -0.310. The lowest BCUT2D eigenvalue weighted by Gasteiger charge is -2.09. The van der Waals surface area contributed by atoms with Crippen LogP contribution in [-0.2, 0) is 6.61 Å². The maximum atomic E-state index is 13.7. The Balaban J connectivity index is 1.70. The van der Waals surface area contributed by atoms with E-state index in [1.54, 1.807) is 37.4 Å². The van der Waals surface area contributed by atoms with Crippen LogP contribution < -0.4 is 15.7 Å². The van der Waals surface area contributed by atoms with E-state index < -0.39 is 0 Å². The molecule has 0 aliphatic carbocycles. The Morgan fingerprint density at radius 2 is 2.00 bits per heavy atom. The number of nitrogens with one attached hydrogen (secondary N) is 2. The average molecular weight is 352 g/mol. The molecule has 7 heteroatoms. The van der Waals surface area contributed by atoms with Crippen LogP contribution in [0.15, 0.2) is 64.5 Å².